The molecule has 6 nitrogen and oxygen atoms in total. The number of hydrogen-bond acceptors (Lipinski definition) is 5. The molecule has 1 aliphatic rings. The van der Waals surface area contributed by atoms with Crippen LogP contribution >= 0.6 is 7.52 Å². The Morgan fingerprint density at radius 1 is 1.00 bits per heavy atom. The predicted molar refractivity (Wildman–Crippen MR) is 120 cm³/mol. The van der Waals surface area contributed by atoms with Gasteiger partial charge >= 0.3 is 0 Å². The Kier molecular flexibility index (Phi) is 8.13. The fourth-order valence-corrected chi connectivity index (χ4v) is 5.45. The maximum absolute atomic E-state index is 13.2. The Hall–Kier alpha value is -1.85. The van der Waals surface area contributed by atoms with Crippen molar-refractivity contribution >= 4 is 18.5 Å². The molecule has 2 aromatic carbocycles. The van der Waals surface area contributed by atoms with Crippen LogP contribution in [0.2, 0.25) is 0 Å². The van der Waals surface area contributed by atoms with E-state index in [1.807, 2.05) is 49.4 Å². The molecule has 0 bridgehead atoms. The minimum absolute atomic E-state index is 0.421. The molecule has 1 heterocycles. The topological polar surface area (TPSA) is 54.0 Å². The first kappa shape index (κ1) is 21.8. The molecule has 29 heavy (non-hydrogen) atoms. The van der Waals surface area contributed by atoms with Gasteiger partial charge in [0.2, 0.25) is 0 Å². The largest absolute Gasteiger partial charge is 0.495 e. The Balaban J connectivity index is 1.44. The van der Waals surface area contributed by atoms with E-state index in [1.54, 1.807) is 7.11 Å². The van der Waals surface area contributed by atoms with Crippen molar-refractivity contribution in [2.45, 2.75) is 13.3 Å². The predicted octanol–water partition coefficient (Wildman–Crippen LogP) is 3.35. The molecule has 1 saturated heterocycles. The number of anilines is 1. The standard InChI is InChI=1S/C22H32N3O3P/c1-3-28-29(26,20-10-5-4-6-11-20)23-14-9-15-24-16-18-25(19-17-24)21-12-7-8-13-22(21)27-2/h4-8,10-13H,3,9,14-19H2,1-2H3,(H,23,26). The summed E-state index contributed by atoms with van der Waals surface area (Å²) in [6.45, 7) is 7.93. The van der Waals surface area contributed by atoms with Crippen molar-refractivity contribution in [1.29, 1.82) is 0 Å². The molecule has 0 amide bonds. The van der Waals surface area contributed by atoms with E-state index < -0.39 is 7.52 Å². The van der Waals surface area contributed by atoms with Gasteiger partial charge in [0.25, 0.3) is 7.52 Å². The SMILES string of the molecule is CCOP(=O)(NCCCN1CCN(c2ccccc2OC)CC1)c1ccccc1. The Bertz CT molecular complexity index is 795. The molecule has 0 saturated carbocycles. The van der Waals surface area contributed by atoms with Crippen molar-refractivity contribution < 1.29 is 13.8 Å². The smallest absolute Gasteiger partial charge is 0.299 e. The average Bonchev–Trinajstić information content (AvgIpc) is 2.78. The van der Waals surface area contributed by atoms with E-state index in [4.69, 9.17) is 9.26 Å². The van der Waals surface area contributed by atoms with Gasteiger partial charge in [-0.1, -0.05) is 30.3 Å². The van der Waals surface area contributed by atoms with Gasteiger partial charge in [0.05, 0.1) is 24.7 Å². The Morgan fingerprint density at radius 2 is 1.69 bits per heavy atom. The average molecular weight is 417 g/mol. The number of ether oxygens (including phenoxy) is 1. The molecular formula is C22H32N3O3P. The molecular weight excluding hydrogens is 385 g/mol. The van der Waals surface area contributed by atoms with Gasteiger partial charge in [0.1, 0.15) is 5.75 Å². The first-order chi connectivity index (χ1) is 14.2. The lowest BCUT2D eigenvalue weighted by molar-refractivity contribution is 0.254. The molecule has 1 unspecified atom stereocenters. The van der Waals surface area contributed by atoms with E-state index >= 15 is 0 Å². The van der Waals surface area contributed by atoms with Crippen LogP contribution in [0, 0.1) is 0 Å². The van der Waals surface area contributed by atoms with Crippen molar-refractivity contribution in [2.75, 3.05) is 57.9 Å². The summed E-state index contributed by atoms with van der Waals surface area (Å²) in [6, 6.07) is 17.6. The van der Waals surface area contributed by atoms with Crippen LogP contribution in [0.4, 0.5) is 5.69 Å². The fourth-order valence-electron chi connectivity index (χ4n) is 3.65. The normalized spacial score (nSPS) is 17.1. The zero-order chi connectivity index (χ0) is 20.5. The molecule has 158 valence electrons. The van der Waals surface area contributed by atoms with Crippen LogP contribution in [0.3, 0.4) is 0 Å². The van der Waals surface area contributed by atoms with Gasteiger partial charge in [0.15, 0.2) is 0 Å². The van der Waals surface area contributed by atoms with Gasteiger partial charge < -0.3 is 14.2 Å². The summed E-state index contributed by atoms with van der Waals surface area (Å²) in [6.07, 6.45) is 0.929. The highest BCUT2D eigenvalue weighted by Crippen LogP contribution is 2.40. The number of nitrogens with zero attached hydrogens (tertiary/aromatic N) is 2. The van der Waals surface area contributed by atoms with E-state index in [1.165, 1.54) is 0 Å². The number of benzene rings is 2. The molecule has 1 aliphatic heterocycles. The van der Waals surface area contributed by atoms with Crippen LogP contribution in [-0.2, 0) is 9.09 Å². The van der Waals surface area contributed by atoms with Gasteiger partial charge in [0, 0.05) is 32.7 Å². The van der Waals surface area contributed by atoms with Gasteiger partial charge in [-0.05, 0) is 44.2 Å². The lowest BCUT2D eigenvalue weighted by atomic mass is 10.2. The minimum Gasteiger partial charge on any atom is -0.495 e. The molecule has 1 atom stereocenters. The zero-order valence-electron chi connectivity index (χ0n) is 17.4. The van der Waals surface area contributed by atoms with E-state index in [9.17, 15) is 4.57 Å². The molecule has 0 aromatic heterocycles. The van der Waals surface area contributed by atoms with Crippen LogP contribution in [0.5, 0.6) is 5.75 Å². The number of methoxy groups -OCH3 is 1. The third kappa shape index (κ3) is 5.83. The highest BCUT2D eigenvalue weighted by molar-refractivity contribution is 7.65. The first-order valence-electron chi connectivity index (χ1n) is 10.3. The molecule has 0 spiro atoms. The molecule has 7 heteroatoms. The Labute approximate surface area is 174 Å². The van der Waals surface area contributed by atoms with Gasteiger partial charge in [-0.25, -0.2) is 5.09 Å². The molecule has 1 fully saturated rings. The van der Waals surface area contributed by atoms with Crippen LogP contribution in [0.25, 0.3) is 0 Å². The number of rotatable bonds is 10. The minimum atomic E-state index is -2.99. The second-order valence-corrected chi connectivity index (χ2v) is 9.26. The van der Waals surface area contributed by atoms with E-state index in [0.29, 0.717) is 13.2 Å². The number of nitrogens with one attached hydrogen (secondary N) is 1. The van der Waals surface area contributed by atoms with Crippen LogP contribution in [0.1, 0.15) is 13.3 Å². The van der Waals surface area contributed by atoms with E-state index in [2.05, 4.69) is 27.0 Å². The van der Waals surface area contributed by atoms with Gasteiger partial charge in [-0.2, -0.15) is 0 Å². The molecule has 3 rings (SSSR count). The number of piperazine rings is 1. The second-order valence-electron chi connectivity index (χ2n) is 7.07. The summed E-state index contributed by atoms with van der Waals surface area (Å²) >= 11 is 0. The van der Waals surface area contributed by atoms with Gasteiger partial charge in [-0.15, -0.1) is 0 Å². The lowest BCUT2D eigenvalue weighted by Crippen LogP contribution is -2.47. The first-order valence-corrected chi connectivity index (χ1v) is 11.9. The second kappa shape index (κ2) is 10.8. The summed E-state index contributed by atoms with van der Waals surface area (Å²) in [4.78, 5) is 4.84. The van der Waals surface area contributed by atoms with Crippen LogP contribution in [0.15, 0.2) is 54.6 Å². The third-order valence-electron chi connectivity index (χ3n) is 5.18. The third-order valence-corrected chi connectivity index (χ3v) is 7.42. The monoisotopic (exact) mass is 417 g/mol. The van der Waals surface area contributed by atoms with E-state index in [-0.39, 0.29) is 0 Å². The fraction of sp³-hybridized carbons (Fsp3) is 0.455. The zero-order valence-corrected chi connectivity index (χ0v) is 18.3. The maximum Gasteiger partial charge on any atom is 0.299 e. The molecule has 0 radical (unpaired) electrons. The van der Waals surface area contributed by atoms with Gasteiger partial charge in [-0.3, -0.25) is 9.46 Å². The quantitative estimate of drug-likeness (QED) is 0.473. The van der Waals surface area contributed by atoms with Crippen molar-refractivity contribution in [3.05, 3.63) is 54.6 Å². The van der Waals surface area contributed by atoms with Crippen molar-refractivity contribution in [3.8, 4) is 5.75 Å². The Morgan fingerprint density at radius 3 is 2.38 bits per heavy atom. The van der Waals surface area contributed by atoms with Crippen LogP contribution < -0.4 is 20.0 Å². The number of hydrogen-bond donors (Lipinski definition) is 1. The summed E-state index contributed by atoms with van der Waals surface area (Å²) < 4.78 is 24.3. The summed E-state index contributed by atoms with van der Waals surface area (Å²) in [5, 5.41) is 3.91. The van der Waals surface area contributed by atoms with Crippen molar-refractivity contribution in [3.63, 3.8) is 0 Å². The highest BCUT2D eigenvalue weighted by Gasteiger charge is 2.25. The van der Waals surface area contributed by atoms with E-state index in [0.717, 1.165) is 55.9 Å². The summed E-state index contributed by atoms with van der Waals surface area (Å²) in [7, 11) is -1.27. The maximum atomic E-state index is 13.2. The van der Waals surface area contributed by atoms with Crippen molar-refractivity contribution in [1.82, 2.24) is 9.99 Å². The molecule has 2 aromatic rings. The highest BCUT2D eigenvalue weighted by atomic mass is 31.2. The molecule has 0 aliphatic carbocycles. The molecule has 1 N–H and O–H groups in total. The lowest BCUT2D eigenvalue weighted by Gasteiger charge is -2.36. The van der Waals surface area contributed by atoms with Crippen molar-refractivity contribution in [2.24, 2.45) is 0 Å². The van der Waals surface area contributed by atoms with Crippen LogP contribution in [-0.4, -0.2) is 57.9 Å². The summed E-state index contributed by atoms with van der Waals surface area (Å²) in [5.41, 5.74) is 1.16. The number of para-hydroxylation sites is 2. The summed E-state index contributed by atoms with van der Waals surface area (Å²) in [5.74, 6) is 0.928.